The number of carbonyl (C=O) groups is 3. The summed E-state index contributed by atoms with van der Waals surface area (Å²) in [4.78, 5) is 38.6. The van der Waals surface area contributed by atoms with Gasteiger partial charge in [0.05, 0.1) is 12.6 Å². The Bertz CT molecular complexity index is 1410. The lowest BCUT2D eigenvalue weighted by Gasteiger charge is -2.30. The summed E-state index contributed by atoms with van der Waals surface area (Å²) in [7, 11) is 0. The molecule has 3 atom stereocenters. The number of hydrogen-bond acceptors (Lipinski definition) is 5. The van der Waals surface area contributed by atoms with Gasteiger partial charge in [0.25, 0.3) is 0 Å². The maximum absolute atomic E-state index is 12.9. The molecule has 0 unspecified atom stereocenters. The summed E-state index contributed by atoms with van der Waals surface area (Å²) in [6.45, 7) is 6.89. The van der Waals surface area contributed by atoms with Crippen molar-refractivity contribution in [3.8, 4) is 0 Å². The molecule has 43 heavy (non-hydrogen) atoms. The highest BCUT2D eigenvalue weighted by Crippen LogP contribution is 2.27. The van der Waals surface area contributed by atoms with Gasteiger partial charge in [-0.25, -0.2) is 4.79 Å². The minimum absolute atomic E-state index is 0.0667. The zero-order chi connectivity index (χ0) is 30.9. The van der Waals surface area contributed by atoms with E-state index < -0.39 is 12.1 Å². The maximum Gasteiger partial charge on any atom is 0.413 e. The third-order valence-electron chi connectivity index (χ3n) is 7.93. The first-order valence-electron chi connectivity index (χ1n) is 14.8. The third-order valence-corrected chi connectivity index (χ3v) is 7.93. The van der Waals surface area contributed by atoms with E-state index in [1.54, 1.807) is 31.2 Å². The highest BCUT2D eigenvalue weighted by molar-refractivity contribution is 6.04. The fourth-order valence-corrected chi connectivity index (χ4v) is 5.24. The second-order valence-corrected chi connectivity index (χ2v) is 11.4. The third kappa shape index (κ3) is 8.51. The number of hydrogen-bond donors (Lipinski definition) is 5. The first-order chi connectivity index (χ1) is 20.6. The smallest absolute Gasteiger partial charge is 0.413 e. The summed E-state index contributed by atoms with van der Waals surface area (Å²) in [5, 5.41) is 27.2. The summed E-state index contributed by atoms with van der Waals surface area (Å²) in [6, 6.07) is 23.7. The summed E-state index contributed by atoms with van der Waals surface area (Å²) in [6.07, 6.45) is 0.433. The van der Waals surface area contributed by atoms with Gasteiger partial charge in [-0.15, -0.1) is 0 Å². The van der Waals surface area contributed by atoms with E-state index in [4.69, 9.17) is 5.41 Å². The van der Waals surface area contributed by atoms with Gasteiger partial charge in [0.2, 0.25) is 11.8 Å². The molecular weight excluding hydrogens is 542 g/mol. The van der Waals surface area contributed by atoms with Crippen molar-refractivity contribution in [2.75, 3.05) is 6.54 Å². The van der Waals surface area contributed by atoms with Crippen LogP contribution in [0.4, 0.5) is 4.79 Å². The lowest BCUT2D eigenvalue weighted by molar-refractivity contribution is -0.130. The van der Waals surface area contributed by atoms with Gasteiger partial charge in [0.1, 0.15) is 11.9 Å². The highest BCUT2D eigenvalue weighted by atomic mass is 16.4. The lowest BCUT2D eigenvalue weighted by atomic mass is 9.86. The second-order valence-electron chi connectivity index (χ2n) is 11.4. The predicted molar refractivity (Wildman–Crippen MR) is 167 cm³/mol. The number of amidine groups is 1. The van der Waals surface area contributed by atoms with Crippen LogP contribution in [0, 0.1) is 5.41 Å². The van der Waals surface area contributed by atoms with Crippen LogP contribution >= 0.6 is 0 Å². The van der Waals surface area contributed by atoms with E-state index in [0.29, 0.717) is 23.8 Å². The van der Waals surface area contributed by atoms with Gasteiger partial charge >= 0.3 is 6.09 Å². The number of rotatable bonds is 10. The van der Waals surface area contributed by atoms with E-state index in [1.165, 1.54) is 11.1 Å². The topological polar surface area (TPSA) is 135 Å². The minimum Gasteiger partial charge on any atom is -0.465 e. The molecule has 0 radical (unpaired) electrons. The van der Waals surface area contributed by atoms with Crippen molar-refractivity contribution >= 4 is 23.7 Å². The minimum atomic E-state index is -1.20. The molecule has 1 aliphatic heterocycles. The zero-order valence-electron chi connectivity index (χ0n) is 25.0. The molecule has 1 saturated heterocycles. The molecule has 4 rings (SSSR count). The van der Waals surface area contributed by atoms with Crippen LogP contribution in [0.2, 0.25) is 0 Å². The Morgan fingerprint density at radius 1 is 0.953 bits per heavy atom. The summed E-state index contributed by atoms with van der Waals surface area (Å²) >= 11 is 0. The molecular formula is C34H41N5O4. The molecule has 0 saturated carbocycles. The quantitative estimate of drug-likeness (QED) is 0.170. The number of benzene rings is 3. The van der Waals surface area contributed by atoms with Crippen molar-refractivity contribution < 1.29 is 19.5 Å². The standard InChI is InChI=1S/C34H41N5O4/c1-22(2)26-13-11-25(12-14-26)21-39(34(42)43)31(35)28-15-9-24(10-16-28)20-37-32(40)23(3)38-33(41)30-19-29(17-18-36-30)27-7-5-4-6-8-27/h4-16,22-23,29-30,35-36H,17-21H2,1-3H3,(H,37,40)(H,38,41)(H,42,43)/t23-,29-,30+/m0/s1. The Labute approximate surface area is 253 Å². The SMILES string of the molecule is CC(C)c1ccc(CN(C(=N)c2ccc(CNC(=O)[C@H](C)NC(=O)[C@H]3C[C@@H](c4ccccc4)CCN3)cc2)C(=O)O)cc1. The Morgan fingerprint density at radius 3 is 2.23 bits per heavy atom. The Kier molecular flexibility index (Phi) is 10.7. The molecule has 3 aromatic carbocycles. The van der Waals surface area contributed by atoms with E-state index in [2.05, 4.69) is 41.9 Å². The molecule has 3 amide bonds. The van der Waals surface area contributed by atoms with Gasteiger partial charge in [-0.2, -0.15) is 0 Å². The van der Waals surface area contributed by atoms with Crippen molar-refractivity contribution in [1.29, 1.82) is 5.41 Å². The zero-order valence-corrected chi connectivity index (χ0v) is 25.0. The van der Waals surface area contributed by atoms with Gasteiger partial charge in [0, 0.05) is 12.1 Å². The van der Waals surface area contributed by atoms with Gasteiger partial charge in [-0.05, 0) is 60.4 Å². The molecule has 226 valence electrons. The van der Waals surface area contributed by atoms with Crippen LogP contribution in [0.5, 0.6) is 0 Å². The molecule has 1 heterocycles. The Balaban J connectivity index is 1.27. The fraction of sp³-hybridized carbons (Fsp3) is 0.353. The van der Waals surface area contributed by atoms with Crippen LogP contribution in [-0.2, 0) is 22.7 Å². The van der Waals surface area contributed by atoms with E-state index in [-0.39, 0.29) is 36.8 Å². The largest absolute Gasteiger partial charge is 0.465 e. The normalized spacial score (nSPS) is 17.1. The molecule has 0 spiro atoms. The van der Waals surface area contributed by atoms with Crippen LogP contribution in [-0.4, -0.2) is 52.4 Å². The Hall–Kier alpha value is -4.50. The van der Waals surface area contributed by atoms with E-state index in [0.717, 1.165) is 29.0 Å². The summed E-state index contributed by atoms with van der Waals surface area (Å²) < 4.78 is 0. The van der Waals surface area contributed by atoms with E-state index in [9.17, 15) is 19.5 Å². The van der Waals surface area contributed by atoms with Crippen LogP contribution in [0.3, 0.4) is 0 Å². The molecule has 9 heteroatoms. The van der Waals surface area contributed by atoms with Gasteiger partial charge in [0.15, 0.2) is 0 Å². The molecule has 5 N–H and O–H groups in total. The van der Waals surface area contributed by atoms with Gasteiger partial charge in [-0.1, -0.05) is 92.7 Å². The molecule has 1 aliphatic rings. The molecule has 3 aromatic rings. The number of nitrogens with one attached hydrogen (secondary N) is 4. The van der Waals surface area contributed by atoms with Crippen molar-refractivity contribution in [3.63, 3.8) is 0 Å². The number of carbonyl (C=O) groups excluding carboxylic acids is 2. The summed E-state index contributed by atoms with van der Waals surface area (Å²) in [5.41, 5.74) is 4.42. The lowest BCUT2D eigenvalue weighted by Crippen LogP contribution is -2.53. The van der Waals surface area contributed by atoms with Crippen molar-refractivity contribution in [2.24, 2.45) is 0 Å². The second kappa shape index (κ2) is 14.6. The molecule has 1 fully saturated rings. The average molecular weight is 584 g/mol. The Morgan fingerprint density at radius 2 is 1.60 bits per heavy atom. The fourth-order valence-electron chi connectivity index (χ4n) is 5.24. The summed E-state index contributed by atoms with van der Waals surface area (Å²) in [5.74, 6) is 0.0512. The van der Waals surface area contributed by atoms with Crippen LogP contribution < -0.4 is 16.0 Å². The van der Waals surface area contributed by atoms with E-state index >= 15 is 0 Å². The number of piperidine rings is 1. The highest BCUT2D eigenvalue weighted by Gasteiger charge is 2.29. The van der Waals surface area contributed by atoms with Crippen molar-refractivity contribution in [1.82, 2.24) is 20.9 Å². The molecule has 0 aromatic heterocycles. The molecule has 0 aliphatic carbocycles. The first-order valence-corrected chi connectivity index (χ1v) is 14.8. The predicted octanol–water partition coefficient (Wildman–Crippen LogP) is 4.97. The van der Waals surface area contributed by atoms with Crippen LogP contribution in [0.1, 0.15) is 73.3 Å². The molecule has 9 nitrogen and oxygen atoms in total. The van der Waals surface area contributed by atoms with Crippen LogP contribution in [0.25, 0.3) is 0 Å². The van der Waals surface area contributed by atoms with Crippen molar-refractivity contribution in [3.05, 3.63) is 107 Å². The van der Waals surface area contributed by atoms with E-state index in [1.807, 2.05) is 42.5 Å². The molecule has 0 bridgehead atoms. The first kappa shape index (κ1) is 31.4. The number of nitrogens with zero attached hydrogens (tertiary/aromatic N) is 1. The van der Waals surface area contributed by atoms with Crippen LogP contribution in [0.15, 0.2) is 78.9 Å². The number of carboxylic acid groups (broad SMARTS) is 1. The van der Waals surface area contributed by atoms with Gasteiger partial charge < -0.3 is 21.1 Å². The average Bonchev–Trinajstić information content (AvgIpc) is 3.02. The van der Waals surface area contributed by atoms with Gasteiger partial charge in [-0.3, -0.25) is 19.9 Å². The van der Waals surface area contributed by atoms with Crippen molar-refractivity contribution in [2.45, 2.75) is 70.6 Å². The number of amides is 3. The monoisotopic (exact) mass is 583 g/mol. The maximum atomic E-state index is 12.9.